The van der Waals surface area contributed by atoms with Gasteiger partial charge in [0, 0.05) is 0 Å². The molecule has 28 heavy (non-hydrogen) atoms. The summed E-state index contributed by atoms with van der Waals surface area (Å²) in [6.07, 6.45) is 0.828. The van der Waals surface area contributed by atoms with Gasteiger partial charge in [-0.1, -0.05) is 34.1 Å². The molecule has 162 valence electrons. The Morgan fingerprint density at radius 1 is 0.929 bits per heavy atom. The van der Waals surface area contributed by atoms with Gasteiger partial charge in [-0.05, 0) is 25.2 Å². The summed E-state index contributed by atoms with van der Waals surface area (Å²) in [6, 6.07) is -4.17. The lowest BCUT2D eigenvalue weighted by molar-refractivity contribution is -0.142. The minimum Gasteiger partial charge on any atom is -0.480 e. The molecule has 0 aromatic rings. The summed E-state index contributed by atoms with van der Waals surface area (Å²) in [6.45, 7) is 8.13. The fraction of sp³-hybridized carbons (Fsp3) is 0.778. The molecule has 0 heterocycles. The second-order valence-electron chi connectivity index (χ2n) is 7.42. The molecule has 7 N–H and O–H groups in total. The fourth-order valence-corrected chi connectivity index (χ4v) is 2.40. The number of carboxylic acid groups (broad SMARTS) is 1. The Hall–Kier alpha value is -2.20. The Kier molecular flexibility index (Phi) is 11.3. The predicted octanol–water partition coefficient (Wildman–Crippen LogP) is -1.04. The van der Waals surface area contributed by atoms with E-state index in [0.717, 1.165) is 0 Å². The molecule has 10 nitrogen and oxygen atoms in total. The molecule has 0 spiro atoms. The van der Waals surface area contributed by atoms with Gasteiger partial charge in [0.15, 0.2) is 0 Å². The van der Waals surface area contributed by atoms with Crippen LogP contribution in [0.4, 0.5) is 0 Å². The first-order chi connectivity index (χ1) is 12.9. The van der Waals surface area contributed by atoms with Crippen molar-refractivity contribution in [1.29, 1.82) is 0 Å². The molecule has 0 bridgehead atoms. The van der Waals surface area contributed by atoms with Crippen LogP contribution in [-0.2, 0) is 19.2 Å². The number of nitrogens with one attached hydrogen (secondary N) is 3. The van der Waals surface area contributed by atoms with E-state index in [2.05, 4.69) is 16.0 Å². The standard InChI is InChI=1S/C18H34N4O6/c1-6-10(4)14(22-16(25)12(19)8-23)17(26)20-11(5)15(24)21-13(18(27)28)7-9(2)3/h9-14,23H,6-8,19H2,1-5H3,(H,20,26)(H,21,24)(H,22,25)(H,27,28). The fourth-order valence-electron chi connectivity index (χ4n) is 2.40. The van der Waals surface area contributed by atoms with Gasteiger partial charge in [-0.3, -0.25) is 14.4 Å². The molecule has 0 fully saturated rings. The Labute approximate surface area is 165 Å². The lowest BCUT2D eigenvalue weighted by Gasteiger charge is -2.26. The van der Waals surface area contributed by atoms with Crippen molar-refractivity contribution in [1.82, 2.24) is 16.0 Å². The average molecular weight is 402 g/mol. The van der Waals surface area contributed by atoms with E-state index < -0.39 is 54.5 Å². The van der Waals surface area contributed by atoms with E-state index in [1.165, 1.54) is 6.92 Å². The largest absolute Gasteiger partial charge is 0.480 e. The van der Waals surface area contributed by atoms with Crippen molar-refractivity contribution < 1.29 is 29.4 Å². The highest BCUT2D eigenvalue weighted by Gasteiger charge is 2.30. The Balaban J connectivity index is 5.06. The third-order valence-electron chi connectivity index (χ3n) is 4.40. The molecule has 0 aromatic carbocycles. The minimum absolute atomic E-state index is 0.0621. The Bertz CT molecular complexity index is 554. The third kappa shape index (κ3) is 8.66. The zero-order chi connectivity index (χ0) is 22.0. The highest BCUT2D eigenvalue weighted by atomic mass is 16.4. The van der Waals surface area contributed by atoms with Gasteiger partial charge in [-0.15, -0.1) is 0 Å². The van der Waals surface area contributed by atoms with Gasteiger partial charge in [0.2, 0.25) is 17.7 Å². The lowest BCUT2D eigenvalue weighted by atomic mass is 9.97. The minimum atomic E-state index is -1.16. The maximum atomic E-state index is 12.6. The molecule has 0 rings (SSSR count). The normalized spacial score (nSPS) is 16.4. The number of carboxylic acids is 1. The van der Waals surface area contributed by atoms with Crippen LogP contribution in [0.15, 0.2) is 0 Å². The number of rotatable bonds is 12. The van der Waals surface area contributed by atoms with Crippen molar-refractivity contribution in [2.75, 3.05) is 6.61 Å². The van der Waals surface area contributed by atoms with Gasteiger partial charge in [-0.25, -0.2) is 4.79 Å². The molecule has 0 saturated heterocycles. The zero-order valence-electron chi connectivity index (χ0n) is 17.2. The number of hydrogen-bond donors (Lipinski definition) is 6. The van der Waals surface area contributed by atoms with Crippen LogP contribution in [-0.4, -0.2) is 64.7 Å². The van der Waals surface area contributed by atoms with E-state index in [1.54, 1.807) is 6.92 Å². The summed E-state index contributed by atoms with van der Waals surface area (Å²) >= 11 is 0. The van der Waals surface area contributed by atoms with Crippen LogP contribution < -0.4 is 21.7 Å². The number of aliphatic hydroxyl groups is 1. The molecule has 0 radical (unpaired) electrons. The number of aliphatic carboxylic acids is 1. The molecule has 5 atom stereocenters. The van der Waals surface area contributed by atoms with Gasteiger partial charge >= 0.3 is 5.97 Å². The molecular weight excluding hydrogens is 368 g/mol. The number of amides is 3. The maximum absolute atomic E-state index is 12.6. The van der Waals surface area contributed by atoms with Crippen LogP contribution in [0.5, 0.6) is 0 Å². The van der Waals surface area contributed by atoms with Crippen LogP contribution in [0.1, 0.15) is 47.5 Å². The van der Waals surface area contributed by atoms with E-state index in [-0.39, 0.29) is 18.3 Å². The van der Waals surface area contributed by atoms with Gasteiger partial charge in [-0.2, -0.15) is 0 Å². The first-order valence-corrected chi connectivity index (χ1v) is 9.44. The Morgan fingerprint density at radius 3 is 1.93 bits per heavy atom. The molecule has 0 aromatic heterocycles. The SMILES string of the molecule is CCC(C)C(NC(=O)C(N)CO)C(=O)NC(C)C(=O)NC(CC(C)C)C(=O)O. The summed E-state index contributed by atoms with van der Waals surface area (Å²) in [5, 5.41) is 25.6. The molecule has 10 heteroatoms. The van der Waals surface area contributed by atoms with E-state index >= 15 is 0 Å². The molecule has 0 saturated carbocycles. The van der Waals surface area contributed by atoms with Crippen molar-refractivity contribution in [3.63, 3.8) is 0 Å². The molecule has 0 aliphatic heterocycles. The van der Waals surface area contributed by atoms with Gasteiger partial charge in [0.05, 0.1) is 6.61 Å². The van der Waals surface area contributed by atoms with Crippen LogP contribution in [0.25, 0.3) is 0 Å². The quantitative estimate of drug-likeness (QED) is 0.242. The zero-order valence-corrected chi connectivity index (χ0v) is 17.2. The second kappa shape index (κ2) is 12.3. The molecule has 3 amide bonds. The monoisotopic (exact) mass is 402 g/mol. The average Bonchev–Trinajstić information content (AvgIpc) is 2.62. The van der Waals surface area contributed by atoms with E-state index in [0.29, 0.717) is 6.42 Å². The van der Waals surface area contributed by atoms with Gasteiger partial charge < -0.3 is 31.9 Å². The van der Waals surface area contributed by atoms with Gasteiger partial charge in [0.1, 0.15) is 24.2 Å². The third-order valence-corrected chi connectivity index (χ3v) is 4.40. The van der Waals surface area contributed by atoms with Crippen molar-refractivity contribution in [2.45, 2.75) is 71.6 Å². The van der Waals surface area contributed by atoms with E-state index in [4.69, 9.17) is 10.8 Å². The first-order valence-electron chi connectivity index (χ1n) is 9.44. The van der Waals surface area contributed by atoms with Gasteiger partial charge in [0.25, 0.3) is 0 Å². The van der Waals surface area contributed by atoms with Crippen molar-refractivity contribution in [3.8, 4) is 0 Å². The summed E-state index contributed by atoms with van der Waals surface area (Å²) in [4.78, 5) is 48.1. The lowest BCUT2D eigenvalue weighted by Crippen LogP contribution is -2.58. The van der Waals surface area contributed by atoms with Crippen molar-refractivity contribution in [3.05, 3.63) is 0 Å². The Morgan fingerprint density at radius 2 is 1.50 bits per heavy atom. The number of nitrogens with two attached hydrogens (primary N) is 1. The van der Waals surface area contributed by atoms with Crippen LogP contribution in [0, 0.1) is 11.8 Å². The molecular formula is C18H34N4O6. The highest BCUT2D eigenvalue weighted by molar-refractivity contribution is 5.94. The summed E-state index contributed by atoms with van der Waals surface area (Å²) in [5.74, 6) is -3.25. The molecule has 0 aliphatic rings. The number of aliphatic hydroxyl groups excluding tert-OH is 1. The topological polar surface area (TPSA) is 171 Å². The van der Waals surface area contributed by atoms with E-state index in [1.807, 2.05) is 20.8 Å². The summed E-state index contributed by atoms with van der Waals surface area (Å²) in [5.41, 5.74) is 5.47. The van der Waals surface area contributed by atoms with E-state index in [9.17, 15) is 24.3 Å². The van der Waals surface area contributed by atoms with Crippen LogP contribution >= 0.6 is 0 Å². The summed E-state index contributed by atoms with van der Waals surface area (Å²) < 4.78 is 0. The van der Waals surface area contributed by atoms with Crippen LogP contribution in [0.2, 0.25) is 0 Å². The van der Waals surface area contributed by atoms with Crippen LogP contribution in [0.3, 0.4) is 0 Å². The highest BCUT2D eigenvalue weighted by Crippen LogP contribution is 2.09. The second-order valence-corrected chi connectivity index (χ2v) is 7.42. The molecule has 0 aliphatic carbocycles. The number of carbonyl (C=O) groups excluding carboxylic acids is 3. The van der Waals surface area contributed by atoms with Crippen molar-refractivity contribution >= 4 is 23.7 Å². The number of carbonyl (C=O) groups is 4. The summed E-state index contributed by atoms with van der Waals surface area (Å²) in [7, 11) is 0. The number of hydrogen-bond acceptors (Lipinski definition) is 6. The molecule has 5 unspecified atom stereocenters. The first kappa shape index (κ1) is 25.8. The van der Waals surface area contributed by atoms with Crippen molar-refractivity contribution in [2.24, 2.45) is 17.6 Å². The predicted molar refractivity (Wildman–Crippen MR) is 103 cm³/mol. The maximum Gasteiger partial charge on any atom is 0.326 e. The smallest absolute Gasteiger partial charge is 0.326 e.